The average Bonchev–Trinajstić information content (AvgIpc) is 1.87. The van der Waals surface area contributed by atoms with Gasteiger partial charge in [0.25, 0.3) is 0 Å². The predicted molar refractivity (Wildman–Crippen MR) is 60.0 cm³/mol. The molecule has 0 nitrogen and oxygen atoms in total. The molecule has 0 aromatic rings. The summed E-state index contributed by atoms with van der Waals surface area (Å²) in [4.78, 5) is 1.39. The van der Waals surface area contributed by atoms with Crippen LogP contribution in [-0.2, 0) is 0 Å². The van der Waals surface area contributed by atoms with Crippen molar-refractivity contribution >= 4 is 21.0 Å². The van der Waals surface area contributed by atoms with E-state index in [2.05, 4.69) is 47.6 Å². The van der Waals surface area contributed by atoms with E-state index in [-0.39, 0.29) is 5.16 Å². The van der Waals surface area contributed by atoms with Crippen molar-refractivity contribution in [3.8, 4) is 0 Å². The fourth-order valence-electron chi connectivity index (χ4n) is 0.733. The molecule has 0 aliphatic heterocycles. The van der Waals surface area contributed by atoms with Crippen LogP contribution in [0.15, 0.2) is 22.5 Å². The fraction of sp³-hybridized carbons (Fsp3) is 0.556. The molecule has 0 saturated heterocycles. The van der Waals surface area contributed by atoms with Crippen molar-refractivity contribution in [3.63, 3.8) is 0 Å². The van der Waals surface area contributed by atoms with E-state index in [9.17, 15) is 0 Å². The van der Waals surface area contributed by atoms with Crippen molar-refractivity contribution in [2.75, 3.05) is 0 Å². The number of thioether (sulfide) groups is 1. The van der Waals surface area contributed by atoms with Gasteiger partial charge in [0.15, 0.2) is 0 Å². The molecule has 1 unspecified atom stereocenters. The SMILES string of the molecule is C/C=C\S/C(=C\C)C(C)(C)P. The molecule has 0 aliphatic rings. The van der Waals surface area contributed by atoms with E-state index in [4.69, 9.17) is 0 Å². The first-order chi connectivity index (χ1) is 5.02. The van der Waals surface area contributed by atoms with Crippen LogP contribution in [0.3, 0.4) is 0 Å². The standard InChI is InChI=1S/C9H17PS/c1-5-7-11-8(6-2)9(3,4)10/h5-7H,10H2,1-4H3/b7-5-,8-6-. The van der Waals surface area contributed by atoms with Crippen LogP contribution in [0.1, 0.15) is 27.7 Å². The normalized spacial score (nSPS) is 14.5. The number of hydrogen-bond acceptors (Lipinski definition) is 1. The van der Waals surface area contributed by atoms with Gasteiger partial charge in [0.2, 0.25) is 0 Å². The van der Waals surface area contributed by atoms with Gasteiger partial charge in [-0.1, -0.05) is 26.0 Å². The minimum Gasteiger partial charge on any atom is -0.126 e. The highest BCUT2D eigenvalue weighted by Gasteiger charge is 2.15. The van der Waals surface area contributed by atoms with Crippen molar-refractivity contribution < 1.29 is 0 Å². The molecule has 0 saturated carbocycles. The Morgan fingerprint density at radius 3 is 2.18 bits per heavy atom. The van der Waals surface area contributed by atoms with Crippen molar-refractivity contribution in [2.45, 2.75) is 32.9 Å². The molecule has 0 aromatic carbocycles. The molecule has 0 aromatic heterocycles. The van der Waals surface area contributed by atoms with Gasteiger partial charge >= 0.3 is 0 Å². The lowest BCUT2D eigenvalue weighted by atomic mass is 10.2. The highest BCUT2D eigenvalue weighted by molar-refractivity contribution is 8.06. The van der Waals surface area contributed by atoms with Gasteiger partial charge in [-0.05, 0) is 24.2 Å². The Labute approximate surface area is 76.7 Å². The third-order valence-corrected chi connectivity index (χ3v) is 3.17. The molecule has 11 heavy (non-hydrogen) atoms. The molecule has 2 heteroatoms. The van der Waals surface area contributed by atoms with Crippen LogP contribution in [0.2, 0.25) is 0 Å². The van der Waals surface area contributed by atoms with Gasteiger partial charge in [-0.15, -0.1) is 21.0 Å². The summed E-state index contributed by atoms with van der Waals surface area (Å²) in [5.41, 5.74) is 0. The topological polar surface area (TPSA) is 0 Å². The van der Waals surface area contributed by atoms with Crippen LogP contribution in [0, 0.1) is 0 Å². The molecule has 0 amide bonds. The number of hydrogen-bond donors (Lipinski definition) is 0. The number of rotatable bonds is 3. The quantitative estimate of drug-likeness (QED) is 0.607. The molecule has 0 N–H and O–H groups in total. The van der Waals surface area contributed by atoms with Gasteiger partial charge in [-0.3, -0.25) is 0 Å². The maximum absolute atomic E-state index is 2.85. The third-order valence-electron chi connectivity index (χ3n) is 1.23. The van der Waals surface area contributed by atoms with Crippen LogP contribution >= 0.6 is 21.0 Å². The van der Waals surface area contributed by atoms with Gasteiger partial charge in [0.05, 0.1) is 0 Å². The lowest BCUT2D eigenvalue weighted by Crippen LogP contribution is -2.09. The first kappa shape index (κ1) is 11.3. The van der Waals surface area contributed by atoms with E-state index in [1.165, 1.54) is 4.91 Å². The molecular formula is C9H17PS. The molecule has 0 bridgehead atoms. The fourth-order valence-corrected chi connectivity index (χ4v) is 1.83. The average molecular weight is 188 g/mol. The van der Waals surface area contributed by atoms with Crippen molar-refractivity contribution in [1.29, 1.82) is 0 Å². The monoisotopic (exact) mass is 188 g/mol. The lowest BCUT2D eigenvalue weighted by Gasteiger charge is -2.20. The summed E-state index contributed by atoms with van der Waals surface area (Å²) in [6, 6.07) is 0. The Morgan fingerprint density at radius 2 is 1.91 bits per heavy atom. The Balaban J connectivity index is 4.21. The summed E-state index contributed by atoms with van der Waals surface area (Å²) in [6.07, 6.45) is 4.22. The van der Waals surface area contributed by atoms with Crippen LogP contribution in [0.25, 0.3) is 0 Å². The van der Waals surface area contributed by atoms with E-state index >= 15 is 0 Å². The largest absolute Gasteiger partial charge is 0.126 e. The van der Waals surface area contributed by atoms with Gasteiger partial charge < -0.3 is 0 Å². The first-order valence-corrected chi connectivity index (χ1v) is 5.21. The Bertz CT molecular complexity index is 163. The maximum Gasteiger partial charge on any atom is 0.0101 e. The molecular weight excluding hydrogens is 171 g/mol. The Kier molecular flexibility index (Phi) is 5.12. The second-order valence-corrected chi connectivity index (χ2v) is 5.35. The van der Waals surface area contributed by atoms with Crippen LogP contribution in [0.5, 0.6) is 0 Å². The van der Waals surface area contributed by atoms with Crippen LogP contribution in [-0.4, -0.2) is 5.16 Å². The second-order valence-electron chi connectivity index (χ2n) is 2.96. The van der Waals surface area contributed by atoms with Gasteiger partial charge in [0.1, 0.15) is 0 Å². The number of allylic oxidation sites excluding steroid dienone is 3. The highest BCUT2D eigenvalue weighted by atomic mass is 32.2. The second kappa shape index (κ2) is 5.00. The van der Waals surface area contributed by atoms with Gasteiger partial charge in [0, 0.05) is 5.16 Å². The van der Waals surface area contributed by atoms with Crippen molar-refractivity contribution in [1.82, 2.24) is 0 Å². The van der Waals surface area contributed by atoms with Crippen LogP contribution in [0.4, 0.5) is 0 Å². The first-order valence-electron chi connectivity index (χ1n) is 3.76. The molecule has 0 spiro atoms. The van der Waals surface area contributed by atoms with E-state index < -0.39 is 0 Å². The van der Waals surface area contributed by atoms with Crippen LogP contribution < -0.4 is 0 Å². The van der Waals surface area contributed by atoms with E-state index in [0.29, 0.717) is 0 Å². The van der Waals surface area contributed by atoms with Gasteiger partial charge in [-0.2, -0.15) is 0 Å². The zero-order valence-corrected chi connectivity index (χ0v) is 9.69. The molecule has 0 rings (SSSR count). The molecule has 0 fully saturated rings. The third kappa shape index (κ3) is 4.66. The summed E-state index contributed by atoms with van der Waals surface area (Å²) in [5.74, 6) is 0. The molecule has 64 valence electrons. The summed E-state index contributed by atoms with van der Waals surface area (Å²) in [5, 5.41) is 2.32. The molecule has 0 aliphatic carbocycles. The highest BCUT2D eigenvalue weighted by Crippen LogP contribution is 2.35. The summed E-state index contributed by atoms with van der Waals surface area (Å²) >= 11 is 1.79. The Morgan fingerprint density at radius 1 is 1.36 bits per heavy atom. The summed E-state index contributed by atoms with van der Waals surface area (Å²) in [6.45, 7) is 8.51. The van der Waals surface area contributed by atoms with E-state index in [1.54, 1.807) is 11.8 Å². The summed E-state index contributed by atoms with van der Waals surface area (Å²) < 4.78 is 0. The summed E-state index contributed by atoms with van der Waals surface area (Å²) in [7, 11) is 2.85. The molecule has 1 atom stereocenters. The zero-order chi connectivity index (χ0) is 8.91. The smallest absolute Gasteiger partial charge is 0.0101 e. The van der Waals surface area contributed by atoms with E-state index in [0.717, 1.165) is 0 Å². The van der Waals surface area contributed by atoms with Gasteiger partial charge in [-0.25, -0.2) is 0 Å². The van der Waals surface area contributed by atoms with E-state index in [1.807, 2.05) is 6.92 Å². The zero-order valence-electron chi connectivity index (χ0n) is 7.72. The molecule has 0 radical (unpaired) electrons. The lowest BCUT2D eigenvalue weighted by molar-refractivity contribution is 0.883. The van der Waals surface area contributed by atoms with Crippen molar-refractivity contribution in [3.05, 3.63) is 22.5 Å². The molecule has 0 heterocycles. The predicted octanol–water partition coefficient (Wildman–Crippen LogP) is 3.81. The maximum atomic E-state index is 2.85. The Hall–Kier alpha value is 0.260. The van der Waals surface area contributed by atoms with Crippen molar-refractivity contribution in [2.24, 2.45) is 0 Å². The minimum absolute atomic E-state index is 0.207. The minimum atomic E-state index is 0.207.